The lowest BCUT2D eigenvalue weighted by Crippen LogP contribution is -2.38. The molecule has 1 amide bonds. The van der Waals surface area contributed by atoms with E-state index in [2.05, 4.69) is 20.2 Å². The molecule has 1 aromatic heterocycles. The van der Waals surface area contributed by atoms with Crippen LogP contribution in [0.15, 0.2) is 36.5 Å². The topological polar surface area (TPSA) is 70.6 Å². The van der Waals surface area contributed by atoms with Gasteiger partial charge in [0, 0.05) is 38.0 Å². The Bertz CT molecular complexity index is 1410. The number of carbonyl (C=O) groups is 1. The van der Waals surface area contributed by atoms with Crippen molar-refractivity contribution in [2.45, 2.75) is 52.0 Å². The predicted molar refractivity (Wildman–Crippen MR) is 152 cm³/mol. The molecule has 10 heteroatoms. The van der Waals surface area contributed by atoms with E-state index in [9.17, 15) is 13.6 Å². The maximum Gasteiger partial charge on any atom is 0.216 e. The summed E-state index contributed by atoms with van der Waals surface area (Å²) in [6.45, 7) is 9.60. The number of hydrogen-bond acceptors (Lipinski definition) is 6. The minimum atomic E-state index is -0.661. The second-order valence-corrected chi connectivity index (χ2v) is 11.1. The van der Waals surface area contributed by atoms with E-state index in [0.29, 0.717) is 47.9 Å². The van der Waals surface area contributed by atoms with Gasteiger partial charge in [-0.3, -0.25) is 4.79 Å². The Morgan fingerprint density at radius 3 is 2.56 bits per heavy atom. The first-order valence-electron chi connectivity index (χ1n) is 14.2. The number of halogens is 3. The molecular formula is C31H36F3N5O2. The van der Waals surface area contributed by atoms with Crippen LogP contribution < -0.4 is 15.0 Å². The molecule has 41 heavy (non-hydrogen) atoms. The van der Waals surface area contributed by atoms with Crippen molar-refractivity contribution in [1.82, 2.24) is 20.2 Å². The Hall–Kier alpha value is -3.66. The molecule has 2 aromatic carbocycles. The molecule has 2 aliphatic heterocycles. The van der Waals surface area contributed by atoms with Gasteiger partial charge in [0.2, 0.25) is 5.91 Å². The third kappa shape index (κ3) is 6.64. The van der Waals surface area contributed by atoms with Crippen LogP contribution in [0.25, 0.3) is 11.3 Å². The highest BCUT2D eigenvalue weighted by molar-refractivity contribution is 5.73. The number of aromatic nitrogens is 2. The molecule has 0 aliphatic carbocycles. The molecule has 0 saturated carbocycles. The van der Waals surface area contributed by atoms with Gasteiger partial charge < -0.3 is 19.9 Å². The van der Waals surface area contributed by atoms with Gasteiger partial charge in [-0.2, -0.15) is 0 Å². The summed E-state index contributed by atoms with van der Waals surface area (Å²) in [5, 5.41) is 2.81. The molecule has 0 spiro atoms. The third-order valence-electron chi connectivity index (χ3n) is 7.86. The van der Waals surface area contributed by atoms with Crippen LogP contribution in [0, 0.1) is 17.5 Å². The number of carbonyl (C=O) groups excluding carboxylic acids is 1. The van der Waals surface area contributed by atoms with Crippen molar-refractivity contribution < 1.29 is 22.7 Å². The van der Waals surface area contributed by atoms with Gasteiger partial charge in [-0.25, -0.2) is 23.1 Å². The molecule has 1 fully saturated rings. The lowest BCUT2D eigenvalue weighted by molar-refractivity contribution is -0.119. The van der Waals surface area contributed by atoms with Gasteiger partial charge in [0.15, 0.2) is 17.4 Å². The number of amides is 1. The Kier molecular flexibility index (Phi) is 8.77. The van der Waals surface area contributed by atoms with Crippen molar-refractivity contribution in [1.29, 1.82) is 0 Å². The molecule has 0 unspecified atom stereocenters. The van der Waals surface area contributed by atoms with Crippen molar-refractivity contribution in [3.8, 4) is 17.0 Å². The van der Waals surface area contributed by atoms with E-state index >= 15 is 4.39 Å². The number of fused-ring (bicyclic) bond motifs is 1. The first kappa shape index (κ1) is 28.9. The van der Waals surface area contributed by atoms with Crippen LogP contribution in [0.3, 0.4) is 0 Å². The highest BCUT2D eigenvalue weighted by Gasteiger charge is 2.26. The predicted octanol–water partition coefficient (Wildman–Crippen LogP) is 5.07. The molecule has 1 N–H and O–H groups in total. The van der Waals surface area contributed by atoms with Crippen LogP contribution in [0.1, 0.15) is 56.5 Å². The first-order chi connectivity index (χ1) is 19.7. The average Bonchev–Trinajstić information content (AvgIpc) is 2.94. The number of piperidine rings is 1. The molecule has 0 atom stereocenters. The molecule has 2 aliphatic rings. The monoisotopic (exact) mass is 567 g/mol. The van der Waals surface area contributed by atoms with Crippen molar-refractivity contribution >= 4 is 11.6 Å². The normalized spacial score (nSPS) is 16.0. The lowest BCUT2D eigenvalue weighted by atomic mass is 9.88. The zero-order valence-electron chi connectivity index (χ0n) is 23.7. The number of hydrogen-bond donors (Lipinski definition) is 1. The quantitative estimate of drug-likeness (QED) is 0.410. The zero-order valence-corrected chi connectivity index (χ0v) is 23.7. The highest BCUT2D eigenvalue weighted by Crippen LogP contribution is 2.39. The average molecular weight is 568 g/mol. The fraction of sp³-hybridized carbons (Fsp3) is 0.452. The lowest BCUT2D eigenvalue weighted by Gasteiger charge is -2.34. The van der Waals surface area contributed by atoms with Gasteiger partial charge >= 0.3 is 0 Å². The van der Waals surface area contributed by atoms with E-state index in [1.165, 1.54) is 19.1 Å². The molecule has 3 aromatic rings. The third-order valence-corrected chi connectivity index (χ3v) is 7.86. The molecular weight excluding hydrogens is 531 g/mol. The van der Waals surface area contributed by atoms with E-state index in [0.717, 1.165) is 38.7 Å². The van der Waals surface area contributed by atoms with Gasteiger partial charge in [0.25, 0.3) is 0 Å². The van der Waals surface area contributed by atoms with Crippen LogP contribution >= 0.6 is 0 Å². The number of likely N-dealkylation sites (tertiary alicyclic amines) is 1. The molecule has 0 radical (unpaired) electrons. The smallest absolute Gasteiger partial charge is 0.216 e. The van der Waals surface area contributed by atoms with Gasteiger partial charge in [-0.05, 0) is 75.0 Å². The summed E-state index contributed by atoms with van der Waals surface area (Å²) in [6.07, 6.45) is 2.98. The van der Waals surface area contributed by atoms with Gasteiger partial charge in [-0.1, -0.05) is 12.1 Å². The summed E-state index contributed by atoms with van der Waals surface area (Å²) >= 11 is 0. The Labute approximate surface area is 238 Å². The number of rotatable bonds is 8. The van der Waals surface area contributed by atoms with Gasteiger partial charge in [-0.15, -0.1) is 0 Å². The summed E-state index contributed by atoms with van der Waals surface area (Å²) in [6, 6.07) is 8.24. The summed E-state index contributed by atoms with van der Waals surface area (Å²) in [7, 11) is 0. The van der Waals surface area contributed by atoms with E-state index in [-0.39, 0.29) is 41.5 Å². The van der Waals surface area contributed by atoms with Crippen molar-refractivity contribution in [3.63, 3.8) is 0 Å². The molecule has 7 nitrogen and oxygen atoms in total. The summed E-state index contributed by atoms with van der Waals surface area (Å²) in [5.74, 6) is -0.935. The fourth-order valence-electron chi connectivity index (χ4n) is 5.72. The standard InChI is InChI=1S/C31H36F3N5O2/c1-19(2)39-12-13-41-31-26(33)16-23(17-28(31)39)30-27(34)18-36-29(37-30)15-21-4-5-24(25(32)14-21)22-6-9-38(10-7-22)11-8-35-20(3)40/h4-5,14,16-19,22H,6-13,15H2,1-3H3,(H,35,40). The highest BCUT2D eigenvalue weighted by atomic mass is 19.1. The summed E-state index contributed by atoms with van der Waals surface area (Å²) in [4.78, 5) is 23.9. The van der Waals surface area contributed by atoms with Gasteiger partial charge in [0.1, 0.15) is 23.9 Å². The maximum absolute atomic E-state index is 15.2. The van der Waals surface area contributed by atoms with Crippen molar-refractivity contribution in [2.75, 3.05) is 44.2 Å². The molecule has 1 saturated heterocycles. The number of benzene rings is 2. The summed E-state index contributed by atoms with van der Waals surface area (Å²) in [5.41, 5.74) is 2.22. The van der Waals surface area contributed by atoms with E-state index in [4.69, 9.17) is 4.74 Å². The van der Waals surface area contributed by atoms with Crippen molar-refractivity contribution in [3.05, 3.63) is 70.9 Å². The number of anilines is 1. The number of nitrogens with zero attached hydrogens (tertiary/aromatic N) is 4. The van der Waals surface area contributed by atoms with Crippen LogP contribution in [0.2, 0.25) is 0 Å². The van der Waals surface area contributed by atoms with E-state index in [1.54, 1.807) is 6.07 Å². The van der Waals surface area contributed by atoms with Crippen LogP contribution in [-0.4, -0.2) is 66.1 Å². The molecule has 0 bridgehead atoms. The van der Waals surface area contributed by atoms with E-state index in [1.807, 2.05) is 30.9 Å². The second-order valence-electron chi connectivity index (χ2n) is 11.1. The van der Waals surface area contributed by atoms with Crippen molar-refractivity contribution in [2.24, 2.45) is 0 Å². The zero-order chi connectivity index (χ0) is 29.1. The molecule has 5 rings (SSSR count). The fourth-order valence-corrected chi connectivity index (χ4v) is 5.72. The maximum atomic E-state index is 15.2. The van der Waals surface area contributed by atoms with Crippen LogP contribution in [0.5, 0.6) is 5.75 Å². The minimum Gasteiger partial charge on any atom is -0.486 e. The van der Waals surface area contributed by atoms with Crippen LogP contribution in [0.4, 0.5) is 18.9 Å². The Balaban J connectivity index is 1.29. The second kappa shape index (κ2) is 12.5. The number of ether oxygens (including phenoxy) is 1. The Morgan fingerprint density at radius 1 is 1.07 bits per heavy atom. The molecule has 218 valence electrons. The number of nitrogens with one attached hydrogen (secondary N) is 1. The summed E-state index contributed by atoms with van der Waals surface area (Å²) < 4.78 is 50.7. The molecule has 3 heterocycles. The first-order valence-corrected chi connectivity index (χ1v) is 14.2. The van der Waals surface area contributed by atoms with E-state index < -0.39 is 11.6 Å². The SMILES string of the molecule is CC(=O)NCCN1CCC(c2ccc(Cc3ncc(F)c(-c4cc(F)c5c(c4)N(C(C)C)CCO5)n3)cc2F)CC1. The van der Waals surface area contributed by atoms with Gasteiger partial charge in [0.05, 0.1) is 18.4 Å². The minimum absolute atomic E-state index is 0.00617. The van der Waals surface area contributed by atoms with Crippen LogP contribution in [-0.2, 0) is 11.2 Å². The Morgan fingerprint density at radius 2 is 1.85 bits per heavy atom. The largest absolute Gasteiger partial charge is 0.486 e.